The molecule has 150 valence electrons. The molecule has 4 rings (SSSR count). The Morgan fingerprint density at radius 2 is 2.24 bits per heavy atom. The number of thioether (sulfide) groups is 1. The lowest BCUT2D eigenvalue weighted by molar-refractivity contribution is -0.153. The number of aromatic nitrogens is 2. The maximum Gasteiger partial charge on any atom is 0.352 e. The summed E-state index contributed by atoms with van der Waals surface area (Å²) in [5.74, 6) is -2.01. The number of hydrogen-bond acceptors (Lipinski definition) is 6. The molecule has 1 fully saturated rings. The summed E-state index contributed by atoms with van der Waals surface area (Å²) in [5.41, 5.74) is 0.0324. The molecule has 4 heterocycles. The summed E-state index contributed by atoms with van der Waals surface area (Å²) in [5, 5.41) is 12.2. The van der Waals surface area contributed by atoms with Gasteiger partial charge in [-0.25, -0.2) is 9.78 Å². The molecule has 0 radical (unpaired) electrons. The highest BCUT2D eigenvalue weighted by Gasteiger charge is 2.54. The van der Waals surface area contributed by atoms with Crippen LogP contribution in [-0.4, -0.2) is 54.9 Å². The zero-order valence-corrected chi connectivity index (χ0v) is 16.2. The fourth-order valence-electron chi connectivity index (χ4n) is 3.70. The van der Waals surface area contributed by atoms with Gasteiger partial charge in [-0.15, -0.1) is 11.8 Å². The molecule has 10 heteroatoms. The lowest BCUT2D eigenvalue weighted by Gasteiger charge is -2.51. The van der Waals surface area contributed by atoms with Gasteiger partial charge in [0.1, 0.15) is 17.0 Å². The summed E-state index contributed by atoms with van der Waals surface area (Å²) in [6.07, 6.45) is 3.52. The number of hydrogen-bond donors (Lipinski definition) is 3. The maximum absolute atomic E-state index is 12.7. The topological polar surface area (TPSA) is 132 Å². The number of carboxylic acid groups (broad SMARTS) is 1. The number of aromatic amines is 1. The number of nitrogens with one attached hydrogen (secondary N) is 2. The predicted molar refractivity (Wildman–Crippen MR) is 106 cm³/mol. The smallest absolute Gasteiger partial charge is 0.352 e. The minimum atomic E-state index is -1.14. The Hall–Kier alpha value is -3.14. The van der Waals surface area contributed by atoms with Gasteiger partial charge in [0.05, 0.1) is 16.7 Å². The average molecular weight is 414 g/mol. The fourth-order valence-corrected chi connectivity index (χ4v) is 5.03. The van der Waals surface area contributed by atoms with E-state index in [0.717, 1.165) is 0 Å². The number of rotatable bonds is 5. The monoisotopic (exact) mass is 414 g/mol. The van der Waals surface area contributed by atoms with Crippen LogP contribution in [0.2, 0.25) is 0 Å². The van der Waals surface area contributed by atoms with Crippen molar-refractivity contribution in [3.63, 3.8) is 0 Å². The number of β-lactam (4-membered cyclic amide) rings is 1. The summed E-state index contributed by atoms with van der Waals surface area (Å²) >= 11 is 1.46. The van der Waals surface area contributed by atoms with Crippen molar-refractivity contribution in [3.8, 4) is 0 Å². The number of nitrogens with zero attached hydrogens (tertiary/aromatic N) is 2. The van der Waals surface area contributed by atoms with Crippen molar-refractivity contribution in [2.75, 3.05) is 5.75 Å². The van der Waals surface area contributed by atoms with Crippen molar-refractivity contribution in [2.24, 2.45) is 5.92 Å². The quantitative estimate of drug-likeness (QED) is 0.620. The van der Waals surface area contributed by atoms with Crippen LogP contribution in [0.4, 0.5) is 0 Å². The molecule has 2 amide bonds. The second-order valence-corrected chi connectivity index (χ2v) is 7.94. The Balaban J connectivity index is 1.55. The second-order valence-electron chi connectivity index (χ2n) is 6.79. The number of fused-ring (bicyclic) bond motifs is 2. The number of amides is 2. The van der Waals surface area contributed by atoms with E-state index >= 15 is 0 Å². The van der Waals surface area contributed by atoms with E-state index in [0.29, 0.717) is 23.2 Å². The zero-order chi connectivity index (χ0) is 20.7. The van der Waals surface area contributed by atoms with Crippen LogP contribution in [0.5, 0.6) is 0 Å². The molecule has 3 N–H and O–H groups in total. The molecular weight excluding hydrogens is 396 g/mol. The van der Waals surface area contributed by atoms with Crippen LogP contribution in [0.25, 0.3) is 11.0 Å². The molecule has 29 heavy (non-hydrogen) atoms. The molecule has 1 saturated heterocycles. The van der Waals surface area contributed by atoms with E-state index < -0.39 is 23.8 Å². The van der Waals surface area contributed by atoms with E-state index in [2.05, 4.69) is 15.3 Å². The van der Waals surface area contributed by atoms with Crippen LogP contribution in [0.1, 0.15) is 23.8 Å². The molecule has 2 aliphatic heterocycles. The number of carbonyl (C=O) groups excluding carboxylic acids is 2. The standard InChI is InChI=1S/C19H18N4O5S/c1-2-10(14-17(26)23-12(19(27)28)5-7-29-18(14)23)22-16(25)11-8-13(24)9-4-3-6-20-15(9)21-11/h3-6,8,10,14,18H,2,7H2,1H3,(H,22,25)(H,27,28)(H,20,21,24)/t10?,14?,18-/m0/s1. The van der Waals surface area contributed by atoms with Gasteiger partial charge in [0, 0.05) is 24.1 Å². The van der Waals surface area contributed by atoms with Crippen LogP contribution >= 0.6 is 11.8 Å². The molecular formula is C19H18N4O5S. The van der Waals surface area contributed by atoms with Crippen molar-refractivity contribution < 1.29 is 19.5 Å². The largest absolute Gasteiger partial charge is 0.477 e. The highest BCUT2D eigenvalue weighted by atomic mass is 32.2. The number of pyridine rings is 2. The molecule has 2 aliphatic rings. The van der Waals surface area contributed by atoms with Gasteiger partial charge in [-0.1, -0.05) is 6.92 Å². The summed E-state index contributed by atoms with van der Waals surface area (Å²) in [6.45, 7) is 1.84. The van der Waals surface area contributed by atoms with E-state index in [1.54, 1.807) is 12.1 Å². The Morgan fingerprint density at radius 1 is 1.45 bits per heavy atom. The van der Waals surface area contributed by atoms with Crippen molar-refractivity contribution in [1.82, 2.24) is 20.2 Å². The lowest BCUT2D eigenvalue weighted by atomic mass is 9.87. The Morgan fingerprint density at radius 3 is 2.97 bits per heavy atom. The zero-order valence-electron chi connectivity index (χ0n) is 15.4. The molecule has 0 saturated carbocycles. The minimum Gasteiger partial charge on any atom is -0.477 e. The molecule has 0 aromatic carbocycles. The van der Waals surface area contributed by atoms with Crippen molar-refractivity contribution in [1.29, 1.82) is 0 Å². The highest BCUT2D eigenvalue weighted by molar-refractivity contribution is 8.00. The number of carboxylic acids is 1. The van der Waals surface area contributed by atoms with E-state index in [-0.39, 0.29) is 28.1 Å². The summed E-state index contributed by atoms with van der Waals surface area (Å²) < 4.78 is 0. The molecule has 2 unspecified atom stereocenters. The molecule has 0 spiro atoms. The van der Waals surface area contributed by atoms with Gasteiger partial charge in [0.2, 0.25) is 5.91 Å². The minimum absolute atomic E-state index is 0.0129. The van der Waals surface area contributed by atoms with E-state index in [4.69, 9.17) is 0 Å². The SMILES string of the molecule is CCC(NC(=O)c1cc(=O)c2cccnc2[nH]1)C1C(=O)N2C(C(=O)O)=CCS[C@@H]12. The molecule has 9 nitrogen and oxygen atoms in total. The van der Waals surface area contributed by atoms with Gasteiger partial charge < -0.3 is 15.4 Å². The van der Waals surface area contributed by atoms with Gasteiger partial charge in [-0.05, 0) is 24.6 Å². The van der Waals surface area contributed by atoms with Crippen molar-refractivity contribution >= 4 is 40.6 Å². The maximum atomic E-state index is 12.7. The Labute approximate surface area is 169 Å². The van der Waals surface area contributed by atoms with Crippen molar-refractivity contribution in [3.05, 3.63) is 52.1 Å². The van der Waals surface area contributed by atoms with E-state index in [9.17, 15) is 24.3 Å². The van der Waals surface area contributed by atoms with E-state index in [1.165, 1.54) is 35.0 Å². The average Bonchev–Trinajstić information content (AvgIpc) is 2.72. The summed E-state index contributed by atoms with van der Waals surface area (Å²) in [4.78, 5) is 57.2. The number of carbonyl (C=O) groups is 3. The lowest BCUT2D eigenvalue weighted by Crippen LogP contribution is -2.66. The summed E-state index contributed by atoms with van der Waals surface area (Å²) in [7, 11) is 0. The normalized spacial score (nSPS) is 21.8. The molecule has 0 aliphatic carbocycles. The van der Waals surface area contributed by atoms with Crippen LogP contribution in [0.3, 0.4) is 0 Å². The first-order chi connectivity index (χ1) is 13.9. The van der Waals surface area contributed by atoms with Gasteiger partial charge >= 0.3 is 5.97 Å². The molecule has 2 aromatic rings. The molecule has 3 atom stereocenters. The van der Waals surface area contributed by atoms with Crippen LogP contribution < -0.4 is 10.7 Å². The third kappa shape index (κ3) is 3.19. The molecule has 0 bridgehead atoms. The van der Waals surface area contributed by atoms with Gasteiger partial charge in [-0.3, -0.25) is 19.3 Å². The van der Waals surface area contributed by atoms with Crippen molar-refractivity contribution in [2.45, 2.75) is 24.8 Å². The second kappa shape index (κ2) is 7.36. The third-order valence-electron chi connectivity index (χ3n) is 5.14. The Kier molecular flexibility index (Phi) is 4.87. The fraction of sp³-hybridized carbons (Fsp3) is 0.316. The van der Waals surface area contributed by atoms with Crippen LogP contribution in [0, 0.1) is 5.92 Å². The number of aliphatic carboxylic acids is 1. The number of H-pyrrole nitrogens is 1. The van der Waals surface area contributed by atoms with Gasteiger partial charge in [-0.2, -0.15) is 0 Å². The first-order valence-electron chi connectivity index (χ1n) is 9.09. The first kappa shape index (κ1) is 19.2. The predicted octanol–water partition coefficient (Wildman–Crippen LogP) is 0.931. The third-order valence-corrected chi connectivity index (χ3v) is 6.35. The van der Waals surface area contributed by atoms with Crippen LogP contribution in [-0.2, 0) is 9.59 Å². The van der Waals surface area contributed by atoms with Gasteiger partial charge in [0.25, 0.3) is 5.91 Å². The molecule has 2 aromatic heterocycles. The summed E-state index contributed by atoms with van der Waals surface area (Å²) in [6, 6.07) is 3.98. The first-order valence-corrected chi connectivity index (χ1v) is 10.1. The van der Waals surface area contributed by atoms with Crippen LogP contribution in [0.15, 0.2) is 41.0 Å². The highest BCUT2D eigenvalue weighted by Crippen LogP contribution is 2.43. The Bertz CT molecular complexity index is 1110. The van der Waals surface area contributed by atoms with E-state index in [1.807, 2.05) is 6.92 Å². The van der Waals surface area contributed by atoms with Gasteiger partial charge in [0.15, 0.2) is 5.43 Å².